The molecule has 0 saturated carbocycles. The zero-order valence-electron chi connectivity index (χ0n) is 34.8. The molecule has 2 aliphatic heterocycles. The molecule has 0 atom stereocenters. The van der Waals surface area contributed by atoms with Crippen LogP contribution in [0.5, 0.6) is 5.75 Å². The third-order valence-electron chi connectivity index (χ3n) is 10.9. The minimum absolute atomic E-state index is 0.0990. The van der Waals surface area contributed by atoms with Crippen LogP contribution in [0.4, 0.5) is 53.5 Å². The van der Waals surface area contributed by atoms with Gasteiger partial charge >= 0.3 is 6.36 Å². The maximum absolute atomic E-state index is 12.7. The number of anilines is 7. The van der Waals surface area contributed by atoms with E-state index < -0.39 is 12.1 Å². The van der Waals surface area contributed by atoms with Crippen molar-refractivity contribution in [2.75, 3.05) is 78.8 Å². The lowest BCUT2D eigenvalue weighted by Gasteiger charge is -2.28. The monoisotopic (exact) mass is 903 g/mol. The van der Waals surface area contributed by atoms with Crippen LogP contribution in [0.25, 0.3) is 42.7 Å². The van der Waals surface area contributed by atoms with Crippen LogP contribution in [0.2, 0.25) is 0 Å². The molecule has 0 radical (unpaired) electrons. The van der Waals surface area contributed by atoms with E-state index in [1.54, 1.807) is 23.6 Å². The Hall–Kier alpha value is -6.53. The number of benzene rings is 4. The van der Waals surface area contributed by atoms with Crippen molar-refractivity contribution in [1.29, 1.82) is 0 Å². The molecule has 4 aromatic carbocycles. The fraction of sp³-hybridized carbons (Fsp3) is 0.234. The molecule has 0 bridgehead atoms. The van der Waals surface area contributed by atoms with Crippen LogP contribution in [0.15, 0.2) is 114 Å². The van der Waals surface area contributed by atoms with Crippen LogP contribution in [0.1, 0.15) is 12.5 Å². The SMILES string of the molecule is CCc1ccccc1-c1csc2cnc(Nc3ccc(N4CCOCC4)cc3)nc12.Nc1ccc(-c2csc3cnc(Nc4ccc(N5CCOCC5)cc4)nc23)cc1OC(F)(F)F. The summed E-state index contributed by atoms with van der Waals surface area (Å²) in [5.74, 6) is 0.556. The first-order chi connectivity index (χ1) is 31.2. The number of nitrogens with two attached hydrogens (primary N) is 1. The van der Waals surface area contributed by atoms with E-state index in [0.29, 0.717) is 41.8 Å². The summed E-state index contributed by atoms with van der Waals surface area (Å²) in [6.07, 6.45) is -0.236. The molecule has 17 heteroatoms. The van der Waals surface area contributed by atoms with E-state index in [1.807, 2.05) is 35.8 Å². The summed E-state index contributed by atoms with van der Waals surface area (Å²) < 4.78 is 55.0. The van der Waals surface area contributed by atoms with Gasteiger partial charge in [-0.15, -0.1) is 35.8 Å². The van der Waals surface area contributed by atoms with E-state index in [9.17, 15) is 13.2 Å². The predicted molar refractivity (Wildman–Crippen MR) is 252 cm³/mol. The first-order valence-electron chi connectivity index (χ1n) is 20.8. The molecule has 0 amide bonds. The van der Waals surface area contributed by atoms with Crippen LogP contribution < -0.4 is 30.9 Å². The van der Waals surface area contributed by atoms with Gasteiger partial charge in [0.1, 0.15) is 0 Å². The summed E-state index contributed by atoms with van der Waals surface area (Å²) in [4.78, 5) is 23.0. The fourth-order valence-corrected chi connectivity index (χ4v) is 9.33. The highest BCUT2D eigenvalue weighted by atomic mass is 32.1. The summed E-state index contributed by atoms with van der Waals surface area (Å²) in [7, 11) is 0. The number of fused-ring (bicyclic) bond motifs is 2. The van der Waals surface area contributed by atoms with Crippen molar-refractivity contribution < 1.29 is 27.4 Å². The molecule has 0 spiro atoms. The smallest absolute Gasteiger partial charge is 0.404 e. The molecule has 328 valence electrons. The van der Waals surface area contributed by atoms with Crippen molar-refractivity contribution in [2.24, 2.45) is 0 Å². The Kier molecular flexibility index (Phi) is 12.7. The lowest BCUT2D eigenvalue weighted by molar-refractivity contribution is -0.274. The number of nitrogens with one attached hydrogen (secondary N) is 2. The quantitative estimate of drug-likeness (QED) is 0.113. The second kappa shape index (κ2) is 19.1. The number of thiophene rings is 2. The fourth-order valence-electron chi connectivity index (χ4n) is 7.59. The number of alkyl halides is 3. The van der Waals surface area contributed by atoms with E-state index in [2.05, 4.69) is 101 Å². The number of hydrogen-bond donors (Lipinski definition) is 3. The van der Waals surface area contributed by atoms with Gasteiger partial charge in [-0.05, 0) is 83.8 Å². The number of halogens is 3. The molecule has 0 aliphatic carbocycles. The molecule has 10 rings (SSSR count). The average Bonchev–Trinajstić information content (AvgIpc) is 3.95. The summed E-state index contributed by atoms with van der Waals surface area (Å²) in [5.41, 5.74) is 16.3. The van der Waals surface area contributed by atoms with Crippen LogP contribution in [0, 0.1) is 0 Å². The van der Waals surface area contributed by atoms with Gasteiger partial charge in [-0.2, -0.15) is 0 Å². The lowest BCUT2D eigenvalue weighted by atomic mass is 10.00. The van der Waals surface area contributed by atoms with Gasteiger partial charge in [-0.3, -0.25) is 0 Å². The third kappa shape index (κ3) is 9.97. The zero-order valence-corrected chi connectivity index (χ0v) is 36.4. The number of nitrogen functional groups attached to an aromatic ring is 1. The first-order valence-corrected chi connectivity index (χ1v) is 22.6. The predicted octanol–water partition coefficient (Wildman–Crippen LogP) is 10.9. The molecule has 8 aromatic rings. The maximum atomic E-state index is 12.7. The molecule has 0 unspecified atom stereocenters. The van der Waals surface area contributed by atoms with Gasteiger partial charge in [0.15, 0.2) is 5.75 Å². The van der Waals surface area contributed by atoms with Crippen molar-refractivity contribution in [3.05, 3.63) is 120 Å². The van der Waals surface area contributed by atoms with Gasteiger partial charge < -0.3 is 40.4 Å². The average molecular weight is 904 g/mol. The van der Waals surface area contributed by atoms with Crippen LogP contribution in [0.3, 0.4) is 0 Å². The van der Waals surface area contributed by atoms with Crippen molar-refractivity contribution >= 4 is 83.4 Å². The molecular weight excluding hydrogens is 860 g/mol. The van der Waals surface area contributed by atoms with E-state index in [0.717, 1.165) is 77.8 Å². The molecule has 6 heterocycles. The Morgan fingerprint density at radius 2 is 1.19 bits per heavy atom. The molecule has 12 nitrogen and oxygen atoms in total. The van der Waals surface area contributed by atoms with Gasteiger partial charge in [0.2, 0.25) is 11.9 Å². The molecule has 2 aliphatic rings. The molecule has 2 fully saturated rings. The summed E-state index contributed by atoms with van der Waals surface area (Å²) in [6, 6.07) is 29.2. The van der Waals surface area contributed by atoms with Gasteiger partial charge in [0.05, 0.1) is 64.9 Å². The zero-order chi connectivity index (χ0) is 44.0. The van der Waals surface area contributed by atoms with Gasteiger partial charge in [0, 0.05) is 70.8 Å². The van der Waals surface area contributed by atoms with E-state index in [4.69, 9.17) is 20.2 Å². The number of morpholine rings is 2. The summed E-state index contributed by atoms with van der Waals surface area (Å²) in [5, 5.41) is 10.6. The van der Waals surface area contributed by atoms with E-state index in [-0.39, 0.29) is 5.69 Å². The number of aryl methyl sites for hydroxylation is 1. The Morgan fingerprint density at radius 3 is 1.72 bits per heavy atom. The van der Waals surface area contributed by atoms with Crippen molar-refractivity contribution in [2.45, 2.75) is 19.7 Å². The molecule has 4 aromatic heterocycles. The minimum atomic E-state index is -4.83. The molecular formula is C47H44F3N9O3S2. The molecule has 4 N–H and O–H groups in total. The number of hydrogen-bond acceptors (Lipinski definition) is 14. The molecule has 2 saturated heterocycles. The standard InChI is InChI=1S/C24H24N4OS.C23H20F3N5O2S/c1-2-17-5-3-4-6-20(17)21-16-30-22-15-25-24(27-23(21)22)26-18-7-9-19(10-8-18)28-11-13-29-14-12-28;24-23(25,26)33-19-11-14(1-6-18(19)27)17-13-34-20-12-28-22(30-21(17)20)29-15-2-4-16(5-3-15)31-7-9-32-10-8-31/h3-10,15-16H,2,11-14H2,1H3,(H,25,26,27);1-6,11-13H,7-10,27H2,(H,28,29,30). The van der Waals surface area contributed by atoms with Crippen molar-refractivity contribution in [3.8, 4) is 28.0 Å². The number of ether oxygens (including phenoxy) is 3. The second-order valence-electron chi connectivity index (χ2n) is 15.0. The van der Waals surface area contributed by atoms with E-state index in [1.165, 1.54) is 45.8 Å². The third-order valence-corrected chi connectivity index (χ3v) is 12.7. The summed E-state index contributed by atoms with van der Waals surface area (Å²) in [6.45, 7) is 8.79. The minimum Gasteiger partial charge on any atom is -0.404 e. The van der Waals surface area contributed by atoms with Crippen molar-refractivity contribution in [1.82, 2.24) is 19.9 Å². The summed E-state index contributed by atoms with van der Waals surface area (Å²) >= 11 is 3.09. The highest BCUT2D eigenvalue weighted by Crippen LogP contribution is 2.39. The van der Waals surface area contributed by atoms with Crippen LogP contribution in [-0.2, 0) is 15.9 Å². The normalized spacial score (nSPS) is 14.3. The van der Waals surface area contributed by atoms with Crippen LogP contribution in [-0.4, -0.2) is 78.9 Å². The Bertz CT molecular complexity index is 2840. The highest BCUT2D eigenvalue weighted by Gasteiger charge is 2.32. The number of aromatic nitrogens is 4. The number of rotatable bonds is 10. The molecule has 64 heavy (non-hydrogen) atoms. The van der Waals surface area contributed by atoms with E-state index >= 15 is 0 Å². The Labute approximate surface area is 375 Å². The lowest BCUT2D eigenvalue weighted by Crippen LogP contribution is -2.36. The Morgan fingerprint density at radius 1 is 0.672 bits per heavy atom. The van der Waals surface area contributed by atoms with Gasteiger partial charge in [0.25, 0.3) is 0 Å². The largest absolute Gasteiger partial charge is 0.573 e. The second-order valence-corrected chi connectivity index (χ2v) is 16.8. The van der Waals surface area contributed by atoms with Crippen LogP contribution >= 0.6 is 22.7 Å². The van der Waals surface area contributed by atoms with Gasteiger partial charge in [-0.1, -0.05) is 37.3 Å². The van der Waals surface area contributed by atoms with Gasteiger partial charge in [-0.25, -0.2) is 19.9 Å². The highest BCUT2D eigenvalue weighted by molar-refractivity contribution is 7.18. The maximum Gasteiger partial charge on any atom is 0.573 e. The van der Waals surface area contributed by atoms with Crippen molar-refractivity contribution in [3.63, 3.8) is 0 Å². The number of nitrogens with zero attached hydrogens (tertiary/aromatic N) is 6. The first kappa shape index (κ1) is 42.8. The Balaban J connectivity index is 0.000000163. The topological polar surface area (TPSA) is 136 Å².